The molecule has 0 bridgehead atoms. The van der Waals surface area contributed by atoms with Gasteiger partial charge in [-0.15, -0.1) is 0 Å². The molecule has 1 fully saturated rings. The van der Waals surface area contributed by atoms with E-state index in [1.54, 1.807) is 0 Å². The summed E-state index contributed by atoms with van der Waals surface area (Å²) in [6.45, 7) is -5.69. The van der Waals surface area contributed by atoms with Crippen LogP contribution < -0.4 is 11.3 Å². The van der Waals surface area contributed by atoms with Crippen LogP contribution >= 0.6 is 22.4 Å². The molecular weight excluding hydrogens is 523 g/mol. The van der Waals surface area contributed by atoms with E-state index in [1.165, 1.54) is 0 Å². The van der Waals surface area contributed by atoms with Gasteiger partial charge < -0.3 is 40.3 Å². The molecule has 0 amide bonds. The zero-order valence-corrected chi connectivity index (χ0v) is 18.8. The zero-order chi connectivity index (χ0) is 24.1. The van der Waals surface area contributed by atoms with Crippen molar-refractivity contribution in [2.75, 3.05) is 12.3 Å². The van der Waals surface area contributed by atoms with E-state index in [-0.39, 0.29) is 17.1 Å². The molecule has 0 aliphatic carbocycles. The van der Waals surface area contributed by atoms with Crippen LogP contribution in [-0.2, 0) is 38.8 Å². The van der Waals surface area contributed by atoms with Crippen molar-refractivity contribution in [2.24, 2.45) is 0 Å². The Hall–Kier alpha value is -1.14. The van der Waals surface area contributed by atoms with Crippen molar-refractivity contribution in [3.63, 3.8) is 0 Å². The first-order valence-corrected chi connectivity index (χ1v) is 13.7. The van der Waals surface area contributed by atoms with Crippen LogP contribution in [0.3, 0.4) is 0 Å². The molecule has 9 N–H and O–H groups in total. The fraction of sp³-hybridized carbons (Fsp3) is 0.500. The van der Waals surface area contributed by atoms with Crippen LogP contribution in [0.1, 0.15) is 6.23 Å². The Balaban J connectivity index is 1.72. The molecule has 1 aliphatic heterocycles. The minimum atomic E-state index is -5.52. The summed E-state index contributed by atoms with van der Waals surface area (Å²) in [7, 11) is -10.9. The SMILES string of the molecule is Nc1nc2c(ncn2[C@@H]2O[C@H](COP(=O)(O)OP(=O)(O)OP(O)(O)=S)[C@@H](O)[C@H]2O)c(=O)[nH]1. The number of fused-ring (bicyclic) bond motifs is 1. The largest absolute Gasteiger partial charge is 0.488 e. The zero-order valence-electron chi connectivity index (χ0n) is 15.3. The number of phosphoric acid groups is 2. The minimum absolute atomic E-state index is 0.0951. The fourth-order valence-electron chi connectivity index (χ4n) is 2.70. The summed E-state index contributed by atoms with van der Waals surface area (Å²) in [5, 5.41) is 20.5. The van der Waals surface area contributed by atoms with Gasteiger partial charge in [-0.05, 0) is 11.8 Å². The van der Waals surface area contributed by atoms with E-state index in [4.69, 9.17) is 20.3 Å². The lowest BCUT2D eigenvalue weighted by molar-refractivity contribution is -0.0503. The molecule has 32 heavy (non-hydrogen) atoms. The highest BCUT2D eigenvalue weighted by molar-refractivity contribution is 8.08. The summed E-state index contributed by atoms with van der Waals surface area (Å²) >= 11 is 3.96. The molecular formula is C10H16N5O13P3S. The summed E-state index contributed by atoms with van der Waals surface area (Å²) in [4.78, 5) is 58.3. The van der Waals surface area contributed by atoms with Crippen LogP contribution in [0.25, 0.3) is 11.2 Å². The second kappa shape index (κ2) is 8.90. The predicted molar refractivity (Wildman–Crippen MR) is 105 cm³/mol. The summed E-state index contributed by atoms with van der Waals surface area (Å²) < 4.78 is 41.9. The topological polar surface area (TPSA) is 282 Å². The molecule has 180 valence electrons. The van der Waals surface area contributed by atoms with Gasteiger partial charge in [0.25, 0.3) is 5.56 Å². The number of rotatable bonds is 8. The molecule has 3 heterocycles. The Morgan fingerprint density at radius 3 is 2.47 bits per heavy atom. The highest BCUT2D eigenvalue weighted by Gasteiger charge is 2.46. The van der Waals surface area contributed by atoms with E-state index >= 15 is 0 Å². The molecule has 1 aliphatic rings. The number of nitrogens with two attached hydrogens (primary N) is 1. The number of aliphatic hydroxyl groups excluding tert-OH is 2. The number of ether oxygens (including phenoxy) is 1. The minimum Gasteiger partial charge on any atom is -0.387 e. The molecule has 22 heteroatoms. The number of nitrogens with zero attached hydrogens (tertiary/aromatic N) is 3. The highest BCUT2D eigenvalue weighted by atomic mass is 32.5. The van der Waals surface area contributed by atoms with Crippen LogP contribution in [0, 0.1) is 0 Å². The summed E-state index contributed by atoms with van der Waals surface area (Å²) in [5.41, 5.74) is 4.56. The molecule has 2 aromatic heterocycles. The third-order valence-corrected chi connectivity index (χ3v) is 8.28. The first-order chi connectivity index (χ1) is 14.6. The van der Waals surface area contributed by atoms with E-state index in [0.717, 1.165) is 10.9 Å². The number of nitrogen functional groups attached to an aromatic ring is 1. The molecule has 0 radical (unpaired) electrons. The van der Waals surface area contributed by atoms with Crippen LogP contribution in [0.2, 0.25) is 0 Å². The molecule has 2 aromatic rings. The van der Waals surface area contributed by atoms with Crippen molar-refractivity contribution < 1.29 is 56.8 Å². The molecule has 18 nitrogen and oxygen atoms in total. The van der Waals surface area contributed by atoms with Gasteiger partial charge in [-0.1, -0.05) is 0 Å². The molecule has 0 saturated carbocycles. The summed E-state index contributed by atoms with van der Waals surface area (Å²) in [5.74, 6) is -0.262. The van der Waals surface area contributed by atoms with Gasteiger partial charge in [0.1, 0.15) is 18.3 Å². The standard InChI is InChI=1S/C10H16N5O13P3S/c11-10-13-7-4(8(18)14-10)12-2-15(7)9-6(17)5(16)3(26-9)1-25-29(19,20)27-30(21,22)28-31(23,24)32/h2-3,5-6,9,16-17H,1H2,(H,19,20)(H,21,22)(H2,23,24,32)(H3,11,13,14,18)/t3-,5-,6-,9-/m1/s1. The van der Waals surface area contributed by atoms with Crippen LogP contribution in [0.5, 0.6) is 0 Å². The third-order valence-electron chi connectivity index (χ3n) is 3.88. The molecule has 1 saturated heterocycles. The first-order valence-electron chi connectivity index (χ1n) is 8.11. The third kappa shape index (κ3) is 5.85. The van der Waals surface area contributed by atoms with E-state index in [1.807, 2.05) is 0 Å². The number of phosphoric ester groups is 1. The number of hydrogen-bond acceptors (Lipinski definition) is 13. The van der Waals surface area contributed by atoms with Crippen molar-refractivity contribution in [1.82, 2.24) is 19.5 Å². The van der Waals surface area contributed by atoms with Crippen molar-refractivity contribution >= 4 is 51.3 Å². The van der Waals surface area contributed by atoms with Crippen molar-refractivity contribution in [3.05, 3.63) is 16.7 Å². The number of anilines is 1. The van der Waals surface area contributed by atoms with Crippen LogP contribution in [-0.4, -0.2) is 74.2 Å². The Kier molecular flexibility index (Phi) is 7.09. The molecule has 0 spiro atoms. The van der Waals surface area contributed by atoms with Gasteiger partial charge in [0.2, 0.25) is 5.95 Å². The van der Waals surface area contributed by atoms with E-state index in [0.29, 0.717) is 0 Å². The second-order valence-corrected chi connectivity index (χ2v) is 12.1. The number of nitrogens with one attached hydrogen (secondary N) is 1. The maximum absolute atomic E-state index is 11.9. The van der Waals surface area contributed by atoms with Gasteiger partial charge in [-0.3, -0.25) is 18.9 Å². The Labute approximate surface area is 181 Å². The van der Waals surface area contributed by atoms with Crippen molar-refractivity contribution in [3.8, 4) is 0 Å². The summed E-state index contributed by atoms with van der Waals surface area (Å²) in [6, 6.07) is 0. The smallest absolute Gasteiger partial charge is 0.387 e. The van der Waals surface area contributed by atoms with Gasteiger partial charge in [0, 0.05) is 0 Å². The van der Waals surface area contributed by atoms with Crippen molar-refractivity contribution in [1.29, 1.82) is 0 Å². The maximum atomic E-state index is 11.9. The normalized spacial score (nSPS) is 27.9. The quantitative estimate of drug-likeness (QED) is 0.165. The van der Waals surface area contributed by atoms with Crippen LogP contribution in [0.4, 0.5) is 5.95 Å². The van der Waals surface area contributed by atoms with E-state index in [9.17, 15) is 33.9 Å². The van der Waals surface area contributed by atoms with Gasteiger partial charge in [0.15, 0.2) is 17.4 Å². The molecule has 0 aromatic carbocycles. The number of H-pyrrole nitrogens is 1. The van der Waals surface area contributed by atoms with E-state index in [2.05, 4.69) is 39.9 Å². The van der Waals surface area contributed by atoms with Gasteiger partial charge >= 0.3 is 22.4 Å². The Bertz CT molecular complexity index is 1210. The summed E-state index contributed by atoms with van der Waals surface area (Å²) in [6.07, 6.45) is -5.18. The van der Waals surface area contributed by atoms with Gasteiger partial charge in [0.05, 0.1) is 12.9 Å². The predicted octanol–water partition coefficient (Wildman–Crippen LogP) is -2.22. The fourth-order valence-corrected chi connectivity index (χ4v) is 6.49. The average Bonchev–Trinajstić information content (AvgIpc) is 3.12. The lowest BCUT2D eigenvalue weighted by Crippen LogP contribution is -2.33. The molecule has 2 unspecified atom stereocenters. The monoisotopic (exact) mass is 539 g/mol. The second-order valence-electron chi connectivity index (χ2n) is 6.21. The number of aromatic nitrogens is 4. The first kappa shape index (κ1) is 25.5. The Morgan fingerprint density at radius 2 is 1.84 bits per heavy atom. The van der Waals surface area contributed by atoms with Crippen molar-refractivity contribution in [2.45, 2.75) is 24.5 Å². The number of aliphatic hydroxyl groups is 2. The number of aromatic amines is 1. The maximum Gasteiger partial charge on any atom is 0.488 e. The van der Waals surface area contributed by atoms with Crippen LogP contribution in [0.15, 0.2) is 11.1 Å². The lowest BCUT2D eigenvalue weighted by Gasteiger charge is -2.19. The number of hydrogen-bond donors (Lipinski definition) is 8. The highest BCUT2D eigenvalue weighted by Crippen LogP contribution is 2.66. The lowest BCUT2D eigenvalue weighted by atomic mass is 10.1. The number of imidazole rings is 1. The Morgan fingerprint density at radius 1 is 1.19 bits per heavy atom. The van der Waals surface area contributed by atoms with Gasteiger partial charge in [-0.2, -0.15) is 9.29 Å². The van der Waals surface area contributed by atoms with Gasteiger partial charge in [-0.25, -0.2) is 18.4 Å². The molecule has 6 atom stereocenters. The average molecular weight is 539 g/mol. The van der Waals surface area contributed by atoms with E-state index < -0.39 is 59.1 Å². The molecule has 3 rings (SSSR count).